The highest BCUT2D eigenvalue weighted by molar-refractivity contribution is 5.78. The minimum absolute atomic E-state index is 0.0205. The lowest BCUT2D eigenvalue weighted by Gasteiger charge is -2.36. The molecule has 0 aliphatic rings. The van der Waals surface area contributed by atoms with Crippen molar-refractivity contribution in [3.05, 3.63) is 0 Å². The lowest BCUT2D eigenvalue weighted by molar-refractivity contribution is -0.135. The summed E-state index contributed by atoms with van der Waals surface area (Å²) in [5.41, 5.74) is -0.789. The van der Waals surface area contributed by atoms with E-state index in [9.17, 15) is 4.79 Å². The SMILES string of the molecule is CC(C)CCOCCOCCOCC(=O)NC(COC(C)C)(COC(C)C)COC(C)C. The molecule has 1 amide bonds. The molecule has 0 aromatic rings. The summed E-state index contributed by atoms with van der Waals surface area (Å²) in [7, 11) is 0. The first-order valence-corrected chi connectivity index (χ1v) is 12.0. The molecule has 0 aliphatic carbocycles. The van der Waals surface area contributed by atoms with Crippen LogP contribution in [0.15, 0.2) is 0 Å². The average molecular weight is 464 g/mol. The normalized spacial score (nSPS) is 12.5. The number of rotatable bonds is 21. The Morgan fingerprint density at radius 3 is 1.47 bits per heavy atom. The predicted octanol–water partition coefficient (Wildman–Crippen LogP) is 3.21. The molecule has 32 heavy (non-hydrogen) atoms. The fraction of sp³-hybridized carbons (Fsp3) is 0.958. The summed E-state index contributed by atoms with van der Waals surface area (Å²) in [5.74, 6) is 0.397. The van der Waals surface area contributed by atoms with E-state index in [1.54, 1.807) is 0 Å². The molecule has 0 saturated carbocycles. The molecule has 0 aromatic heterocycles. The van der Waals surface area contributed by atoms with Crippen LogP contribution < -0.4 is 5.32 Å². The number of amides is 1. The number of carbonyl (C=O) groups is 1. The largest absolute Gasteiger partial charge is 0.379 e. The summed E-state index contributed by atoms with van der Waals surface area (Å²) in [5, 5.41) is 3.03. The van der Waals surface area contributed by atoms with Gasteiger partial charge in [-0.2, -0.15) is 0 Å². The second-order valence-corrected chi connectivity index (χ2v) is 9.37. The Kier molecular flexibility index (Phi) is 18.2. The number of carbonyl (C=O) groups excluding carboxylic acids is 1. The van der Waals surface area contributed by atoms with E-state index < -0.39 is 5.54 Å². The minimum atomic E-state index is -0.789. The average Bonchev–Trinajstić information content (AvgIpc) is 2.70. The van der Waals surface area contributed by atoms with Crippen LogP contribution in [0, 0.1) is 5.92 Å². The molecular formula is C24H49NO7. The maximum atomic E-state index is 12.6. The second-order valence-electron chi connectivity index (χ2n) is 9.37. The lowest BCUT2D eigenvalue weighted by atomic mass is 10.0. The Bertz CT molecular complexity index is 424. The van der Waals surface area contributed by atoms with Crippen LogP contribution in [0.25, 0.3) is 0 Å². The van der Waals surface area contributed by atoms with Crippen LogP contribution in [-0.2, 0) is 33.2 Å². The van der Waals surface area contributed by atoms with Crippen molar-refractivity contribution in [2.24, 2.45) is 5.92 Å². The Morgan fingerprint density at radius 1 is 0.656 bits per heavy atom. The molecule has 0 spiro atoms. The van der Waals surface area contributed by atoms with Crippen molar-refractivity contribution < 1.29 is 33.2 Å². The molecule has 0 radical (unpaired) electrons. The number of hydrogen-bond acceptors (Lipinski definition) is 7. The van der Waals surface area contributed by atoms with Crippen LogP contribution in [0.5, 0.6) is 0 Å². The van der Waals surface area contributed by atoms with Gasteiger partial charge in [-0.05, 0) is 53.9 Å². The fourth-order valence-corrected chi connectivity index (χ4v) is 2.47. The smallest absolute Gasteiger partial charge is 0.246 e. The molecule has 0 fully saturated rings. The van der Waals surface area contributed by atoms with Crippen molar-refractivity contribution >= 4 is 5.91 Å². The maximum Gasteiger partial charge on any atom is 0.246 e. The van der Waals surface area contributed by atoms with E-state index in [2.05, 4.69) is 19.2 Å². The van der Waals surface area contributed by atoms with Gasteiger partial charge >= 0.3 is 0 Å². The maximum absolute atomic E-state index is 12.6. The van der Waals surface area contributed by atoms with E-state index in [1.165, 1.54) is 0 Å². The highest BCUT2D eigenvalue weighted by atomic mass is 16.5. The zero-order chi connectivity index (χ0) is 24.4. The zero-order valence-corrected chi connectivity index (χ0v) is 21.7. The van der Waals surface area contributed by atoms with Gasteiger partial charge in [0.2, 0.25) is 5.91 Å². The van der Waals surface area contributed by atoms with Crippen molar-refractivity contribution in [1.82, 2.24) is 5.32 Å². The van der Waals surface area contributed by atoms with Crippen molar-refractivity contribution in [2.75, 3.05) is 59.5 Å². The lowest BCUT2D eigenvalue weighted by Crippen LogP contribution is -2.60. The summed E-state index contributed by atoms with van der Waals surface area (Å²) < 4.78 is 34.0. The summed E-state index contributed by atoms with van der Waals surface area (Å²) >= 11 is 0. The Hall–Kier alpha value is -0.770. The standard InChI is InChI=1S/C24H49NO7/c1-19(2)9-10-27-11-12-28-13-14-29-15-23(26)25-24(16-30-20(3)4,17-31-21(5)6)18-32-22(7)8/h19-22H,9-18H2,1-8H3,(H,25,26). The van der Waals surface area contributed by atoms with E-state index in [-0.39, 0.29) is 50.6 Å². The molecule has 0 bridgehead atoms. The van der Waals surface area contributed by atoms with E-state index in [1.807, 2.05) is 41.5 Å². The van der Waals surface area contributed by atoms with Crippen molar-refractivity contribution in [1.29, 1.82) is 0 Å². The molecule has 8 nitrogen and oxygen atoms in total. The third-order valence-electron chi connectivity index (χ3n) is 4.30. The first kappa shape index (κ1) is 31.2. The van der Waals surface area contributed by atoms with Gasteiger partial charge in [-0.1, -0.05) is 13.8 Å². The molecule has 0 aromatic carbocycles. The van der Waals surface area contributed by atoms with Gasteiger partial charge in [-0.25, -0.2) is 0 Å². The molecule has 192 valence electrons. The van der Waals surface area contributed by atoms with Crippen LogP contribution in [0.3, 0.4) is 0 Å². The van der Waals surface area contributed by atoms with Crippen LogP contribution in [0.4, 0.5) is 0 Å². The highest BCUT2D eigenvalue weighted by Gasteiger charge is 2.34. The molecule has 8 heteroatoms. The van der Waals surface area contributed by atoms with Gasteiger partial charge in [0.05, 0.1) is 64.6 Å². The number of ether oxygens (including phenoxy) is 6. The highest BCUT2D eigenvalue weighted by Crippen LogP contribution is 2.13. The predicted molar refractivity (Wildman–Crippen MR) is 126 cm³/mol. The molecule has 0 rings (SSSR count). The summed E-state index contributed by atoms with van der Waals surface area (Å²) in [6, 6.07) is 0. The van der Waals surface area contributed by atoms with Gasteiger partial charge in [0.1, 0.15) is 12.1 Å². The third-order valence-corrected chi connectivity index (χ3v) is 4.30. The molecule has 1 N–H and O–H groups in total. The Labute approximate surface area is 196 Å². The Morgan fingerprint density at radius 2 is 1.06 bits per heavy atom. The van der Waals surface area contributed by atoms with E-state index >= 15 is 0 Å². The van der Waals surface area contributed by atoms with Crippen molar-refractivity contribution in [3.63, 3.8) is 0 Å². The number of nitrogens with one attached hydrogen (secondary N) is 1. The van der Waals surface area contributed by atoms with Crippen molar-refractivity contribution in [3.8, 4) is 0 Å². The molecule has 0 atom stereocenters. The first-order valence-electron chi connectivity index (χ1n) is 12.0. The van der Waals surface area contributed by atoms with Gasteiger partial charge < -0.3 is 33.7 Å². The minimum Gasteiger partial charge on any atom is -0.379 e. The topological polar surface area (TPSA) is 84.5 Å². The monoisotopic (exact) mass is 463 g/mol. The molecule has 0 heterocycles. The molecule has 0 saturated heterocycles. The fourth-order valence-electron chi connectivity index (χ4n) is 2.47. The van der Waals surface area contributed by atoms with Crippen LogP contribution >= 0.6 is 0 Å². The van der Waals surface area contributed by atoms with Crippen LogP contribution in [-0.4, -0.2) is 89.2 Å². The number of hydrogen-bond donors (Lipinski definition) is 1. The molecule has 0 unspecified atom stereocenters. The third kappa shape index (κ3) is 18.8. The van der Waals surface area contributed by atoms with E-state index in [0.29, 0.717) is 32.3 Å². The van der Waals surface area contributed by atoms with E-state index in [0.717, 1.165) is 13.0 Å². The zero-order valence-electron chi connectivity index (χ0n) is 21.7. The molecule has 0 aliphatic heterocycles. The summed E-state index contributed by atoms with van der Waals surface area (Å²) in [4.78, 5) is 12.6. The molecular weight excluding hydrogens is 414 g/mol. The van der Waals surface area contributed by atoms with Gasteiger partial charge in [-0.3, -0.25) is 4.79 Å². The Balaban J connectivity index is 4.43. The summed E-state index contributed by atoms with van der Waals surface area (Å²) in [6.07, 6.45) is 1.11. The van der Waals surface area contributed by atoms with Gasteiger partial charge in [0, 0.05) is 6.61 Å². The van der Waals surface area contributed by atoms with E-state index in [4.69, 9.17) is 28.4 Å². The first-order chi connectivity index (χ1) is 15.1. The van der Waals surface area contributed by atoms with Gasteiger partial charge in [-0.15, -0.1) is 0 Å². The summed E-state index contributed by atoms with van der Waals surface area (Å²) in [6.45, 7) is 19.4. The second kappa shape index (κ2) is 18.6. The van der Waals surface area contributed by atoms with Gasteiger partial charge in [0.15, 0.2) is 0 Å². The van der Waals surface area contributed by atoms with Gasteiger partial charge in [0.25, 0.3) is 0 Å². The van der Waals surface area contributed by atoms with Crippen LogP contribution in [0.1, 0.15) is 61.8 Å². The van der Waals surface area contributed by atoms with Crippen LogP contribution in [0.2, 0.25) is 0 Å². The quantitative estimate of drug-likeness (QED) is 0.262. The van der Waals surface area contributed by atoms with Crippen molar-refractivity contribution in [2.45, 2.75) is 85.7 Å².